The molecule has 1 fully saturated rings. The molecule has 0 aromatic heterocycles. The number of carbonyl (C=O) groups excluding carboxylic acids is 1. The van der Waals surface area contributed by atoms with E-state index in [1.54, 1.807) is 0 Å². The number of hydrogen-bond acceptors (Lipinski definition) is 4. The number of hydrogen-bond donors (Lipinski definition) is 0. The second kappa shape index (κ2) is 7.11. The van der Waals surface area contributed by atoms with Crippen LogP contribution in [0.4, 0.5) is 0 Å². The summed E-state index contributed by atoms with van der Waals surface area (Å²) in [4.78, 5) is 11.2. The van der Waals surface area contributed by atoms with E-state index in [0.29, 0.717) is 31.1 Å². The highest BCUT2D eigenvalue weighted by Crippen LogP contribution is 2.49. The molecule has 1 unspecified atom stereocenters. The van der Waals surface area contributed by atoms with Crippen LogP contribution in [0, 0.1) is 5.41 Å². The van der Waals surface area contributed by atoms with Crippen molar-refractivity contribution in [2.24, 2.45) is 5.41 Å². The first-order valence-corrected chi connectivity index (χ1v) is 7.60. The Kier molecular flexibility index (Phi) is 6.12. The molecular formula is C12H22O4S. The fourth-order valence-corrected chi connectivity index (χ4v) is 3.47. The number of esters is 1. The summed E-state index contributed by atoms with van der Waals surface area (Å²) in [7, 11) is 0.564. The molecule has 0 N–H and O–H groups in total. The Morgan fingerprint density at radius 3 is 2.65 bits per heavy atom. The number of methoxy groups -OCH3 is 1. The number of carbonyl (C=O) groups is 1. The van der Waals surface area contributed by atoms with Crippen LogP contribution in [0.1, 0.15) is 32.6 Å². The molecular weight excluding hydrogens is 240 g/mol. The van der Waals surface area contributed by atoms with Crippen molar-refractivity contribution >= 4 is 16.8 Å². The third-order valence-electron chi connectivity index (χ3n) is 3.04. The smallest absolute Gasteiger partial charge is 0.306 e. The van der Waals surface area contributed by atoms with Gasteiger partial charge in [0, 0.05) is 35.5 Å². The molecule has 1 aliphatic rings. The maximum absolute atomic E-state index is 11.8. The summed E-state index contributed by atoms with van der Waals surface area (Å²) in [5.74, 6) is 1.12. The van der Waals surface area contributed by atoms with Crippen molar-refractivity contribution in [2.75, 3.05) is 31.8 Å². The summed E-state index contributed by atoms with van der Waals surface area (Å²) in [5.41, 5.74) is -0.0242. The predicted octanol–water partition coefficient (Wildman–Crippen LogP) is 1.50. The van der Waals surface area contributed by atoms with E-state index in [0.717, 1.165) is 19.3 Å². The normalized spacial score (nSPS) is 18.7. The van der Waals surface area contributed by atoms with Crippen molar-refractivity contribution in [3.63, 3.8) is 0 Å². The molecule has 5 heteroatoms. The third kappa shape index (κ3) is 5.64. The largest absolute Gasteiger partial charge is 0.469 e. The van der Waals surface area contributed by atoms with E-state index in [9.17, 15) is 9.00 Å². The summed E-state index contributed by atoms with van der Waals surface area (Å²) < 4.78 is 21.7. The zero-order valence-corrected chi connectivity index (χ0v) is 11.5. The van der Waals surface area contributed by atoms with Crippen molar-refractivity contribution in [1.82, 2.24) is 0 Å². The number of rotatable bonds is 9. The highest BCUT2D eigenvalue weighted by atomic mass is 32.2. The fraction of sp³-hybridized carbons (Fsp3) is 0.917. The molecule has 1 aliphatic carbocycles. The van der Waals surface area contributed by atoms with Gasteiger partial charge >= 0.3 is 5.97 Å². The molecule has 1 saturated carbocycles. The summed E-state index contributed by atoms with van der Waals surface area (Å²) in [6.45, 7) is 3.33. The zero-order chi connectivity index (χ0) is 12.7. The van der Waals surface area contributed by atoms with E-state index >= 15 is 0 Å². The van der Waals surface area contributed by atoms with E-state index in [4.69, 9.17) is 4.74 Å². The van der Waals surface area contributed by atoms with Gasteiger partial charge in [-0.25, -0.2) is 0 Å². The molecule has 0 aliphatic heterocycles. The van der Waals surface area contributed by atoms with Gasteiger partial charge in [0.05, 0.1) is 13.5 Å². The molecule has 0 aromatic rings. The maximum atomic E-state index is 11.8. The lowest BCUT2D eigenvalue weighted by Gasteiger charge is -2.12. The maximum Gasteiger partial charge on any atom is 0.306 e. The Bertz CT molecular complexity index is 274. The van der Waals surface area contributed by atoms with Gasteiger partial charge in [-0.05, 0) is 31.6 Å². The Hall–Kier alpha value is -0.420. The third-order valence-corrected chi connectivity index (χ3v) is 4.71. The van der Waals surface area contributed by atoms with Crippen molar-refractivity contribution in [3.8, 4) is 0 Å². The standard InChI is InChI=1S/C12H22O4S/c1-3-16-7-4-8-17(14)10-12(5-6-12)9-11(13)15-2/h3-10H2,1-2H3. The van der Waals surface area contributed by atoms with Crippen LogP contribution in [0.5, 0.6) is 0 Å². The van der Waals surface area contributed by atoms with Crippen LogP contribution in [0.15, 0.2) is 0 Å². The van der Waals surface area contributed by atoms with Gasteiger partial charge in [0.2, 0.25) is 0 Å². The molecule has 0 heterocycles. The average molecular weight is 262 g/mol. The predicted molar refractivity (Wildman–Crippen MR) is 67.3 cm³/mol. The molecule has 4 nitrogen and oxygen atoms in total. The topological polar surface area (TPSA) is 52.6 Å². The van der Waals surface area contributed by atoms with Crippen molar-refractivity contribution in [3.05, 3.63) is 0 Å². The molecule has 17 heavy (non-hydrogen) atoms. The van der Waals surface area contributed by atoms with Crippen LogP contribution < -0.4 is 0 Å². The van der Waals surface area contributed by atoms with Gasteiger partial charge < -0.3 is 9.47 Å². The van der Waals surface area contributed by atoms with Gasteiger partial charge in [0.1, 0.15) is 0 Å². The van der Waals surface area contributed by atoms with Gasteiger partial charge in [-0.3, -0.25) is 9.00 Å². The Balaban J connectivity index is 2.19. The minimum atomic E-state index is -0.837. The van der Waals surface area contributed by atoms with E-state index in [-0.39, 0.29) is 11.4 Å². The van der Waals surface area contributed by atoms with E-state index in [2.05, 4.69) is 4.74 Å². The zero-order valence-electron chi connectivity index (χ0n) is 10.7. The van der Waals surface area contributed by atoms with Crippen LogP contribution >= 0.6 is 0 Å². The summed E-state index contributed by atoms with van der Waals surface area (Å²) in [6.07, 6.45) is 3.24. The first kappa shape index (κ1) is 14.6. The van der Waals surface area contributed by atoms with Crippen LogP contribution in [-0.2, 0) is 25.1 Å². The molecule has 0 aromatic carbocycles. The minimum absolute atomic E-state index is 0.0242. The van der Waals surface area contributed by atoms with Crippen LogP contribution in [-0.4, -0.2) is 42.0 Å². The van der Waals surface area contributed by atoms with Crippen LogP contribution in [0.3, 0.4) is 0 Å². The Morgan fingerprint density at radius 2 is 2.12 bits per heavy atom. The lowest BCUT2D eigenvalue weighted by atomic mass is 10.1. The Morgan fingerprint density at radius 1 is 1.41 bits per heavy atom. The summed E-state index contributed by atoms with van der Waals surface area (Å²) in [6, 6.07) is 0. The number of ether oxygens (including phenoxy) is 2. The highest BCUT2D eigenvalue weighted by molar-refractivity contribution is 7.85. The van der Waals surface area contributed by atoms with E-state index < -0.39 is 10.8 Å². The minimum Gasteiger partial charge on any atom is -0.469 e. The van der Waals surface area contributed by atoms with Gasteiger partial charge in [-0.15, -0.1) is 0 Å². The van der Waals surface area contributed by atoms with Gasteiger partial charge in [0.25, 0.3) is 0 Å². The molecule has 100 valence electrons. The van der Waals surface area contributed by atoms with Gasteiger partial charge in [0.15, 0.2) is 0 Å². The van der Waals surface area contributed by atoms with Crippen molar-refractivity contribution in [2.45, 2.75) is 32.6 Å². The SMILES string of the molecule is CCOCCCS(=O)CC1(CC(=O)OC)CC1. The Labute approximate surface area is 106 Å². The van der Waals surface area contributed by atoms with Crippen molar-refractivity contribution < 1.29 is 18.5 Å². The van der Waals surface area contributed by atoms with E-state index in [1.807, 2.05) is 6.92 Å². The molecule has 0 amide bonds. The molecule has 1 atom stereocenters. The van der Waals surface area contributed by atoms with Gasteiger partial charge in [-0.1, -0.05) is 0 Å². The van der Waals surface area contributed by atoms with Gasteiger partial charge in [-0.2, -0.15) is 0 Å². The second-order valence-electron chi connectivity index (χ2n) is 4.59. The van der Waals surface area contributed by atoms with E-state index in [1.165, 1.54) is 7.11 Å². The molecule has 0 saturated heterocycles. The second-order valence-corrected chi connectivity index (χ2v) is 6.17. The molecule has 0 radical (unpaired) electrons. The first-order valence-electron chi connectivity index (χ1n) is 6.11. The lowest BCUT2D eigenvalue weighted by Crippen LogP contribution is -2.19. The average Bonchev–Trinajstić information content (AvgIpc) is 3.04. The summed E-state index contributed by atoms with van der Waals surface area (Å²) in [5, 5.41) is 0. The van der Waals surface area contributed by atoms with Crippen LogP contribution in [0.25, 0.3) is 0 Å². The quantitative estimate of drug-likeness (QED) is 0.467. The molecule has 0 spiro atoms. The molecule has 1 rings (SSSR count). The highest BCUT2D eigenvalue weighted by Gasteiger charge is 2.45. The van der Waals surface area contributed by atoms with Crippen molar-refractivity contribution in [1.29, 1.82) is 0 Å². The molecule has 0 bridgehead atoms. The fourth-order valence-electron chi connectivity index (χ4n) is 1.81. The monoisotopic (exact) mass is 262 g/mol. The van der Waals surface area contributed by atoms with Crippen LogP contribution in [0.2, 0.25) is 0 Å². The summed E-state index contributed by atoms with van der Waals surface area (Å²) >= 11 is 0. The first-order chi connectivity index (χ1) is 8.12. The lowest BCUT2D eigenvalue weighted by molar-refractivity contribution is -0.141.